The van der Waals surface area contributed by atoms with Gasteiger partial charge in [-0.2, -0.15) is 0 Å². The molecule has 1 aliphatic heterocycles. The smallest absolute Gasteiger partial charge is 0.0619 e. The molecule has 60 valence electrons. The summed E-state index contributed by atoms with van der Waals surface area (Å²) in [4.78, 5) is 0. The third-order valence-corrected chi connectivity index (χ3v) is 1.83. The van der Waals surface area contributed by atoms with E-state index >= 15 is 0 Å². The van der Waals surface area contributed by atoms with E-state index < -0.39 is 0 Å². The molecule has 0 radical (unpaired) electrons. The molecule has 10 heavy (non-hydrogen) atoms. The summed E-state index contributed by atoms with van der Waals surface area (Å²) in [6.45, 7) is 5.15. The van der Waals surface area contributed by atoms with Crippen molar-refractivity contribution in [3.63, 3.8) is 0 Å². The third kappa shape index (κ3) is 2.67. The molecule has 1 atom stereocenters. The predicted molar refractivity (Wildman–Crippen MR) is 42.1 cm³/mol. The first kappa shape index (κ1) is 8.02. The first-order valence-electron chi connectivity index (χ1n) is 4.24. The van der Waals surface area contributed by atoms with Gasteiger partial charge in [-0.05, 0) is 25.8 Å². The molecule has 1 aliphatic rings. The summed E-state index contributed by atoms with van der Waals surface area (Å²) in [6, 6.07) is 0.645. The average Bonchev–Trinajstić information content (AvgIpc) is 2.41. The highest BCUT2D eigenvalue weighted by Crippen LogP contribution is 2.04. The molecule has 0 aromatic heterocycles. The Hall–Kier alpha value is -0.0800. The standard InChI is InChI=1S/C8H17NO/c1-2-6-10-7-8-4-3-5-9-8/h8-9H,2-7H2,1H3/t8-/m1/s1. The fourth-order valence-electron chi connectivity index (χ4n) is 1.27. The Kier molecular flexibility index (Phi) is 3.76. The van der Waals surface area contributed by atoms with Crippen LogP contribution in [0.15, 0.2) is 0 Å². The molecule has 1 saturated heterocycles. The SMILES string of the molecule is CCCOC[C@H]1CCCN1. The molecule has 0 aromatic carbocycles. The van der Waals surface area contributed by atoms with Crippen LogP contribution in [0.2, 0.25) is 0 Å². The van der Waals surface area contributed by atoms with Crippen LogP contribution in [0.25, 0.3) is 0 Å². The highest BCUT2D eigenvalue weighted by molar-refractivity contribution is 4.72. The molecule has 0 amide bonds. The molecular weight excluding hydrogens is 126 g/mol. The molecule has 1 N–H and O–H groups in total. The van der Waals surface area contributed by atoms with Gasteiger partial charge in [0.15, 0.2) is 0 Å². The molecule has 1 fully saturated rings. The van der Waals surface area contributed by atoms with Gasteiger partial charge in [0, 0.05) is 12.6 Å². The molecule has 2 nitrogen and oxygen atoms in total. The van der Waals surface area contributed by atoms with Crippen LogP contribution in [0.5, 0.6) is 0 Å². The largest absolute Gasteiger partial charge is 0.380 e. The lowest BCUT2D eigenvalue weighted by Crippen LogP contribution is -2.26. The molecule has 1 heterocycles. The number of hydrogen-bond acceptors (Lipinski definition) is 2. The van der Waals surface area contributed by atoms with Crippen molar-refractivity contribution in [1.82, 2.24) is 5.32 Å². The van der Waals surface area contributed by atoms with Crippen LogP contribution in [-0.2, 0) is 4.74 Å². The number of ether oxygens (including phenoxy) is 1. The fraction of sp³-hybridized carbons (Fsp3) is 1.00. The lowest BCUT2D eigenvalue weighted by atomic mass is 10.2. The van der Waals surface area contributed by atoms with Gasteiger partial charge in [0.1, 0.15) is 0 Å². The Morgan fingerprint density at radius 2 is 2.50 bits per heavy atom. The van der Waals surface area contributed by atoms with Crippen LogP contribution in [0, 0.1) is 0 Å². The van der Waals surface area contributed by atoms with E-state index in [4.69, 9.17) is 4.74 Å². The van der Waals surface area contributed by atoms with Crippen LogP contribution in [0.3, 0.4) is 0 Å². The molecule has 0 bridgehead atoms. The zero-order chi connectivity index (χ0) is 7.23. The van der Waals surface area contributed by atoms with Gasteiger partial charge in [0.2, 0.25) is 0 Å². The van der Waals surface area contributed by atoms with Gasteiger partial charge in [-0.25, -0.2) is 0 Å². The van der Waals surface area contributed by atoms with E-state index in [2.05, 4.69) is 12.2 Å². The number of hydrogen-bond donors (Lipinski definition) is 1. The van der Waals surface area contributed by atoms with E-state index in [9.17, 15) is 0 Å². The maximum atomic E-state index is 5.40. The summed E-state index contributed by atoms with van der Waals surface area (Å²) in [5.74, 6) is 0. The van der Waals surface area contributed by atoms with E-state index in [1.807, 2.05) is 0 Å². The topological polar surface area (TPSA) is 21.3 Å². The molecule has 0 saturated carbocycles. The van der Waals surface area contributed by atoms with Crippen LogP contribution in [0.1, 0.15) is 26.2 Å². The Morgan fingerprint density at radius 3 is 3.10 bits per heavy atom. The molecular formula is C8H17NO. The normalized spacial score (nSPS) is 25.5. The zero-order valence-electron chi connectivity index (χ0n) is 6.73. The van der Waals surface area contributed by atoms with Crippen molar-refractivity contribution in [2.75, 3.05) is 19.8 Å². The van der Waals surface area contributed by atoms with E-state index in [-0.39, 0.29) is 0 Å². The second-order valence-electron chi connectivity index (χ2n) is 2.87. The predicted octanol–water partition coefficient (Wildman–Crippen LogP) is 1.17. The van der Waals surface area contributed by atoms with Crippen molar-refractivity contribution in [3.05, 3.63) is 0 Å². The molecule has 0 aliphatic carbocycles. The van der Waals surface area contributed by atoms with Crippen molar-refractivity contribution >= 4 is 0 Å². The lowest BCUT2D eigenvalue weighted by Gasteiger charge is -2.09. The van der Waals surface area contributed by atoms with Gasteiger partial charge in [-0.1, -0.05) is 6.92 Å². The van der Waals surface area contributed by atoms with Gasteiger partial charge < -0.3 is 10.1 Å². The Labute approximate surface area is 63.0 Å². The summed E-state index contributed by atoms with van der Waals surface area (Å²) >= 11 is 0. The van der Waals surface area contributed by atoms with Gasteiger partial charge in [0.25, 0.3) is 0 Å². The van der Waals surface area contributed by atoms with Crippen molar-refractivity contribution in [3.8, 4) is 0 Å². The summed E-state index contributed by atoms with van der Waals surface area (Å²) in [5, 5.41) is 3.39. The fourth-order valence-corrected chi connectivity index (χ4v) is 1.27. The van der Waals surface area contributed by atoms with Crippen molar-refractivity contribution in [2.24, 2.45) is 0 Å². The quantitative estimate of drug-likeness (QED) is 0.596. The molecule has 1 rings (SSSR count). The van der Waals surface area contributed by atoms with Gasteiger partial charge in [-0.3, -0.25) is 0 Å². The second kappa shape index (κ2) is 4.69. The second-order valence-corrected chi connectivity index (χ2v) is 2.87. The molecule has 0 aromatic rings. The number of rotatable bonds is 4. The van der Waals surface area contributed by atoms with E-state index in [1.165, 1.54) is 19.4 Å². The monoisotopic (exact) mass is 143 g/mol. The Bertz CT molecular complexity index is 79.3. The van der Waals surface area contributed by atoms with Crippen LogP contribution in [-0.4, -0.2) is 25.8 Å². The Balaban J connectivity index is 1.91. The molecule has 0 unspecified atom stereocenters. The van der Waals surface area contributed by atoms with Gasteiger partial charge >= 0.3 is 0 Å². The lowest BCUT2D eigenvalue weighted by molar-refractivity contribution is 0.117. The van der Waals surface area contributed by atoms with Gasteiger partial charge in [-0.15, -0.1) is 0 Å². The summed E-state index contributed by atoms with van der Waals surface area (Å²) in [5.41, 5.74) is 0. The minimum absolute atomic E-state index is 0.645. The van der Waals surface area contributed by atoms with Crippen molar-refractivity contribution in [1.29, 1.82) is 0 Å². The highest BCUT2D eigenvalue weighted by atomic mass is 16.5. The first-order valence-corrected chi connectivity index (χ1v) is 4.24. The zero-order valence-corrected chi connectivity index (χ0v) is 6.73. The van der Waals surface area contributed by atoms with Crippen LogP contribution < -0.4 is 5.32 Å². The number of nitrogens with one attached hydrogen (secondary N) is 1. The van der Waals surface area contributed by atoms with E-state index in [0.29, 0.717) is 6.04 Å². The molecule has 2 heteroatoms. The summed E-state index contributed by atoms with van der Waals surface area (Å²) in [6.07, 6.45) is 3.75. The minimum Gasteiger partial charge on any atom is -0.380 e. The maximum absolute atomic E-state index is 5.40. The third-order valence-electron chi connectivity index (χ3n) is 1.83. The first-order chi connectivity index (χ1) is 4.93. The average molecular weight is 143 g/mol. The Morgan fingerprint density at radius 1 is 1.60 bits per heavy atom. The van der Waals surface area contributed by atoms with Crippen molar-refractivity contribution in [2.45, 2.75) is 32.2 Å². The minimum atomic E-state index is 0.645. The maximum Gasteiger partial charge on any atom is 0.0619 e. The summed E-state index contributed by atoms with van der Waals surface area (Å²) in [7, 11) is 0. The van der Waals surface area contributed by atoms with E-state index in [0.717, 1.165) is 19.6 Å². The molecule has 0 spiro atoms. The highest BCUT2D eigenvalue weighted by Gasteiger charge is 2.12. The van der Waals surface area contributed by atoms with Gasteiger partial charge in [0.05, 0.1) is 6.61 Å². The van der Waals surface area contributed by atoms with Crippen LogP contribution >= 0.6 is 0 Å². The van der Waals surface area contributed by atoms with E-state index in [1.54, 1.807) is 0 Å². The van der Waals surface area contributed by atoms with Crippen LogP contribution in [0.4, 0.5) is 0 Å². The van der Waals surface area contributed by atoms with Crippen molar-refractivity contribution < 1.29 is 4.74 Å². The summed E-state index contributed by atoms with van der Waals surface area (Å²) < 4.78 is 5.40.